The number of nitrogens with one attached hydrogen (secondary N) is 1. The average molecular weight is 300 g/mol. The Morgan fingerprint density at radius 3 is 3.16 bits per heavy atom. The first-order chi connectivity index (χ1) is 9.22. The Hall–Kier alpha value is -0.950. The van der Waals surface area contributed by atoms with Gasteiger partial charge in [0.05, 0.1) is 31.3 Å². The van der Waals surface area contributed by atoms with Crippen LogP contribution in [0.1, 0.15) is 4.88 Å². The van der Waals surface area contributed by atoms with Crippen molar-refractivity contribution in [1.29, 1.82) is 0 Å². The summed E-state index contributed by atoms with van der Waals surface area (Å²) in [5.74, 6) is 0.758. The zero-order valence-corrected chi connectivity index (χ0v) is 12.1. The fraction of sp³-hybridized carbons (Fsp3) is 0.500. The zero-order valence-electron chi connectivity index (χ0n) is 10.5. The van der Waals surface area contributed by atoms with Crippen molar-refractivity contribution in [2.24, 2.45) is 0 Å². The van der Waals surface area contributed by atoms with Gasteiger partial charge >= 0.3 is 0 Å². The maximum atomic E-state index is 5.94. The van der Waals surface area contributed by atoms with Crippen molar-refractivity contribution in [3.63, 3.8) is 0 Å². The Kier molecular flexibility index (Phi) is 3.83. The average Bonchev–Trinajstić information content (AvgIpc) is 2.77. The summed E-state index contributed by atoms with van der Waals surface area (Å²) in [7, 11) is 0. The van der Waals surface area contributed by atoms with Gasteiger partial charge in [-0.25, -0.2) is 9.97 Å². The van der Waals surface area contributed by atoms with Gasteiger partial charge in [0.2, 0.25) is 5.28 Å². The highest BCUT2D eigenvalue weighted by atomic mass is 35.5. The van der Waals surface area contributed by atoms with E-state index in [0.717, 1.165) is 16.0 Å². The first-order valence-electron chi connectivity index (χ1n) is 6.09. The summed E-state index contributed by atoms with van der Waals surface area (Å²) in [5, 5.41) is 4.54. The number of anilines is 1. The molecule has 0 bridgehead atoms. The van der Waals surface area contributed by atoms with Crippen molar-refractivity contribution < 1.29 is 9.47 Å². The molecule has 1 N–H and O–H groups in total. The van der Waals surface area contributed by atoms with Crippen molar-refractivity contribution in [3.05, 3.63) is 16.2 Å². The minimum atomic E-state index is 0.0530. The monoisotopic (exact) mass is 299 g/mol. The van der Waals surface area contributed by atoms with Gasteiger partial charge in [-0.05, 0) is 24.6 Å². The molecule has 2 aromatic heterocycles. The summed E-state index contributed by atoms with van der Waals surface area (Å²) >= 11 is 7.55. The summed E-state index contributed by atoms with van der Waals surface area (Å²) < 4.78 is 10.9. The van der Waals surface area contributed by atoms with E-state index in [2.05, 4.69) is 21.4 Å². The second-order valence-electron chi connectivity index (χ2n) is 4.37. The highest BCUT2D eigenvalue weighted by Gasteiger charge is 2.16. The normalized spacial score (nSPS) is 19.8. The highest BCUT2D eigenvalue weighted by molar-refractivity contribution is 7.18. The van der Waals surface area contributed by atoms with Crippen LogP contribution in [-0.2, 0) is 9.47 Å². The Balaban J connectivity index is 1.79. The Morgan fingerprint density at radius 1 is 1.47 bits per heavy atom. The van der Waals surface area contributed by atoms with Crippen molar-refractivity contribution in [2.45, 2.75) is 13.0 Å². The molecular formula is C12H14ClN3O2S. The molecule has 1 saturated heterocycles. The van der Waals surface area contributed by atoms with Gasteiger partial charge in [-0.1, -0.05) is 0 Å². The van der Waals surface area contributed by atoms with Crippen LogP contribution in [0.3, 0.4) is 0 Å². The molecule has 3 rings (SSSR count). The third-order valence-electron chi connectivity index (χ3n) is 2.87. The minimum Gasteiger partial charge on any atom is -0.376 e. The second kappa shape index (κ2) is 5.58. The van der Waals surface area contributed by atoms with Gasteiger partial charge in [0, 0.05) is 11.4 Å². The van der Waals surface area contributed by atoms with Crippen LogP contribution in [-0.4, -0.2) is 42.4 Å². The quantitative estimate of drug-likeness (QED) is 0.883. The van der Waals surface area contributed by atoms with Crippen molar-refractivity contribution in [2.75, 3.05) is 31.7 Å². The Labute approximate surface area is 119 Å². The van der Waals surface area contributed by atoms with Gasteiger partial charge in [-0.15, -0.1) is 11.3 Å². The third kappa shape index (κ3) is 2.97. The molecule has 1 unspecified atom stereocenters. The molecule has 0 spiro atoms. The van der Waals surface area contributed by atoms with E-state index < -0.39 is 0 Å². The largest absolute Gasteiger partial charge is 0.376 e. The first-order valence-corrected chi connectivity index (χ1v) is 7.29. The lowest BCUT2D eigenvalue weighted by molar-refractivity contribution is -0.0819. The topological polar surface area (TPSA) is 56.3 Å². The van der Waals surface area contributed by atoms with Crippen molar-refractivity contribution in [1.82, 2.24) is 9.97 Å². The Bertz CT molecular complexity index is 584. The van der Waals surface area contributed by atoms with Gasteiger partial charge in [0.1, 0.15) is 10.6 Å². The lowest BCUT2D eigenvalue weighted by atomic mass is 10.3. The molecule has 1 aliphatic rings. The zero-order chi connectivity index (χ0) is 13.2. The number of halogens is 1. The Morgan fingerprint density at radius 2 is 2.37 bits per heavy atom. The van der Waals surface area contributed by atoms with E-state index in [-0.39, 0.29) is 11.4 Å². The molecule has 0 saturated carbocycles. The summed E-state index contributed by atoms with van der Waals surface area (Å²) in [4.78, 5) is 10.6. The van der Waals surface area contributed by atoms with Crippen LogP contribution < -0.4 is 5.32 Å². The fourth-order valence-corrected chi connectivity index (χ4v) is 3.11. The van der Waals surface area contributed by atoms with E-state index in [0.29, 0.717) is 26.4 Å². The van der Waals surface area contributed by atoms with Crippen LogP contribution >= 0.6 is 22.9 Å². The molecule has 0 amide bonds. The first kappa shape index (κ1) is 13.1. The number of rotatable bonds is 3. The maximum absolute atomic E-state index is 5.94. The number of aryl methyl sites for hydroxylation is 1. The van der Waals surface area contributed by atoms with Gasteiger partial charge in [0.15, 0.2) is 0 Å². The summed E-state index contributed by atoms with van der Waals surface area (Å²) in [6, 6.07) is 2.07. The number of fused-ring (bicyclic) bond motifs is 1. The number of nitrogens with zero attached hydrogens (tertiary/aromatic N) is 2. The number of ether oxygens (including phenoxy) is 2. The lowest BCUT2D eigenvalue weighted by Crippen LogP contribution is -2.34. The van der Waals surface area contributed by atoms with E-state index in [9.17, 15) is 0 Å². The van der Waals surface area contributed by atoms with Crippen LogP contribution in [0.4, 0.5) is 5.82 Å². The predicted molar refractivity (Wildman–Crippen MR) is 76.2 cm³/mol. The van der Waals surface area contributed by atoms with Crippen LogP contribution in [0.5, 0.6) is 0 Å². The standard InChI is InChI=1S/C12H14ClN3O2S/c1-7-4-9-10(15-12(13)16-11(9)19-7)14-5-8-6-17-2-3-18-8/h4,8H,2-3,5-6H2,1H3,(H,14,15,16). The van der Waals surface area contributed by atoms with E-state index in [4.69, 9.17) is 21.1 Å². The van der Waals surface area contributed by atoms with Gasteiger partial charge in [0.25, 0.3) is 0 Å². The highest BCUT2D eigenvalue weighted by Crippen LogP contribution is 2.29. The number of thiophene rings is 1. The molecule has 1 fully saturated rings. The molecule has 2 aromatic rings. The van der Waals surface area contributed by atoms with Crippen LogP contribution in [0.25, 0.3) is 10.2 Å². The van der Waals surface area contributed by atoms with E-state index in [1.165, 1.54) is 4.88 Å². The number of hydrogen-bond donors (Lipinski definition) is 1. The number of aromatic nitrogens is 2. The molecule has 1 atom stereocenters. The summed E-state index contributed by atoms with van der Waals surface area (Å²) in [5.41, 5.74) is 0. The summed E-state index contributed by atoms with van der Waals surface area (Å²) in [6.07, 6.45) is 0.0530. The van der Waals surface area contributed by atoms with Gasteiger partial charge in [-0.2, -0.15) is 0 Å². The molecule has 0 aromatic carbocycles. The van der Waals surface area contributed by atoms with Gasteiger partial charge < -0.3 is 14.8 Å². The fourth-order valence-electron chi connectivity index (χ4n) is 2.02. The third-order valence-corrected chi connectivity index (χ3v) is 3.98. The van der Waals surface area contributed by atoms with Crippen LogP contribution in [0.15, 0.2) is 6.07 Å². The van der Waals surface area contributed by atoms with Gasteiger partial charge in [-0.3, -0.25) is 0 Å². The molecule has 102 valence electrons. The predicted octanol–water partition coefficient (Wildman–Crippen LogP) is 2.48. The molecule has 0 aliphatic carbocycles. The van der Waals surface area contributed by atoms with E-state index in [1.807, 2.05) is 6.92 Å². The second-order valence-corrected chi connectivity index (χ2v) is 5.94. The van der Waals surface area contributed by atoms with Crippen molar-refractivity contribution in [3.8, 4) is 0 Å². The maximum Gasteiger partial charge on any atom is 0.225 e. The molecule has 0 radical (unpaired) electrons. The van der Waals surface area contributed by atoms with Crippen LogP contribution in [0.2, 0.25) is 5.28 Å². The SMILES string of the molecule is Cc1cc2c(NCC3COCCO3)nc(Cl)nc2s1. The number of hydrogen-bond acceptors (Lipinski definition) is 6. The molecule has 3 heterocycles. The molecule has 5 nitrogen and oxygen atoms in total. The smallest absolute Gasteiger partial charge is 0.225 e. The minimum absolute atomic E-state index is 0.0530. The van der Waals surface area contributed by atoms with E-state index in [1.54, 1.807) is 11.3 Å². The molecule has 7 heteroatoms. The molecule has 1 aliphatic heterocycles. The summed E-state index contributed by atoms with van der Waals surface area (Å²) in [6.45, 7) is 4.62. The van der Waals surface area contributed by atoms with Crippen molar-refractivity contribution >= 4 is 39.0 Å². The lowest BCUT2D eigenvalue weighted by Gasteiger charge is -2.23. The van der Waals surface area contributed by atoms with Crippen LogP contribution in [0, 0.1) is 6.92 Å². The van der Waals surface area contributed by atoms with E-state index >= 15 is 0 Å². The molecular weight excluding hydrogens is 286 g/mol. The molecule has 19 heavy (non-hydrogen) atoms.